The van der Waals surface area contributed by atoms with Crippen molar-refractivity contribution in [3.05, 3.63) is 53.9 Å². The number of rotatable bonds is 3. The predicted molar refractivity (Wildman–Crippen MR) is 66.9 cm³/mol. The molecule has 3 nitrogen and oxygen atoms in total. The highest BCUT2D eigenvalue weighted by Crippen LogP contribution is 2.31. The Hall–Kier alpha value is -1.74. The monoisotopic (exact) mass is 228 g/mol. The maximum absolute atomic E-state index is 5.64. The molecule has 0 spiro atoms. The summed E-state index contributed by atoms with van der Waals surface area (Å²) in [5, 5.41) is 3.58. The van der Waals surface area contributed by atoms with E-state index in [1.54, 1.807) is 0 Å². The Labute approximate surface area is 101 Å². The van der Waals surface area contributed by atoms with Crippen LogP contribution in [-0.2, 0) is 6.54 Å². The quantitative estimate of drug-likeness (QED) is 0.847. The molecule has 3 rings (SSSR count). The molecule has 2 aromatic rings. The van der Waals surface area contributed by atoms with E-state index in [0.717, 1.165) is 25.3 Å². The van der Waals surface area contributed by atoms with E-state index in [1.807, 2.05) is 24.5 Å². The molecule has 0 radical (unpaired) electrons. The highest BCUT2D eigenvalue weighted by molar-refractivity contribution is 5.37. The largest absolute Gasteiger partial charge is 0.493 e. The molecule has 1 unspecified atom stereocenters. The standard InChI is InChI=1S/C14H16N2O/c1-2-4-14-12(3-1)13(6-8-17-14)16-10-11-5-7-15-9-11/h1-5,7,9,13,15-16H,6,8,10H2. The van der Waals surface area contributed by atoms with Crippen molar-refractivity contribution in [1.82, 2.24) is 10.3 Å². The summed E-state index contributed by atoms with van der Waals surface area (Å²) < 4.78 is 5.64. The molecule has 1 aromatic carbocycles. The molecular weight excluding hydrogens is 212 g/mol. The van der Waals surface area contributed by atoms with Gasteiger partial charge in [-0.15, -0.1) is 0 Å². The van der Waals surface area contributed by atoms with Crippen LogP contribution in [0.3, 0.4) is 0 Å². The Bertz CT molecular complexity index is 479. The van der Waals surface area contributed by atoms with Crippen molar-refractivity contribution in [2.45, 2.75) is 19.0 Å². The van der Waals surface area contributed by atoms with Crippen LogP contribution in [0, 0.1) is 0 Å². The molecule has 0 saturated carbocycles. The first-order chi connectivity index (χ1) is 8.43. The van der Waals surface area contributed by atoms with E-state index >= 15 is 0 Å². The molecule has 0 aliphatic carbocycles. The van der Waals surface area contributed by atoms with Crippen molar-refractivity contribution in [1.29, 1.82) is 0 Å². The highest BCUT2D eigenvalue weighted by Gasteiger charge is 2.20. The first-order valence-corrected chi connectivity index (χ1v) is 6.00. The number of benzene rings is 1. The second-order valence-corrected chi connectivity index (χ2v) is 4.33. The van der Waals surface area contributed by atoms with Gasteiger partial charge in [0, 0.05) is 37.0 Å². The van der Waals surface area contributed by atoms with Crippen molar-refractivity contribution in [3.8, 4) is 5.75 Å². The van der Waals surface area contributed by atoms with Crippen LogP contribution in [0.2, 0.25) is 0 Å². The lowest BCUT2D eigenvalue weighted by Gasteiger charge is -2.26. The third kappa shape index (κ3) is 2.19. The summed E-state index contributed by atoms with van der Waals surface area (Å²) in [5.41, 5.74) is 2.56. The minimum atomic E-state index is 0.398. The van der Waals surface area contributed by atoms with Crippen LogP contribution in [0.1, 0.15) is 23.6 Å². The van der Waals surface area contributed by atoms with Gasteiger partial charge in [0.1, 0.15) is 5.75 Å². The molecule has 1 aromatic heterocycles. The summed E-state index contributed by atoms with van der Waals surface area (Å²) in [7, 11) is 0. The van der Waals surface area contributed by atoms with Gasteiger partial charge in [-0.3, -0.25) is 0 Å². The number of nitrogens with one attached hydrogen (secondary N) is 2. The Kier molecular flexibility index (Phi) is 2.84. The van der Waals surface area contributed by atoms with E-state index in [4.69, 9.17) is 4.74 Å². The minimum Gasteiger partial charge on any atom is -0.493 e. The van der Waals surface area contributed by atoms with Gasteiger partial charge in [-0.05, 0) is 17.7 Å². The lowest BCUT2D eigenvalue weighted by Crippen LogP contribution is -2.26. The van der Waals surface area contributed by atoms with Gasteiger partial charge in [-0.25, -0.2) is 0 Å². The average Bonchev–Trinajstić information content (AvgIpc) is 2.89. The van der Waals surface area contributed by atoms with Crippen LogP contribution < -0.4 is 10.1 Å². The maximum atomic E-state index is 5.64. The van der Waals surface area contributed by atoms with E-state index in [2.05, 4.69) is 28.5 Å². The lowest BCUT2D eigenvalue weighted by atomic mass is 10.0. The number of fused-ring (bicyclic) bond motifs is 1. The molecular formula is C14H16N2O. The number of H-pyrrole nitrogens is 1. The third-order valence-electron chi connectivity index (χ3n) is 3.17. The second kappa shape index (κ2) is 4.63. The topological polar surface area (TPSA) is 37.0 Å². The summed E-state index contributed by atoms with van der Waals surface area (Å²) in [6.45, 7) is 1.68. The van der Waals surface area contributed by atoms with E-state index in [0.29, 0.717) is 6.04 Å². The summed E-state index contributed by atoms with van der Waals surface area (Å²) in [6, 6.07) is 10.8. The maximum Gasteiger partial charge on any atom is 0.124 e. The van der Waals surface area contributed by atoms with E-state index in [1.165, 1.54) is 11.1 Å². The van der Waals surface area contributed by atoms with Gasteiger partial charge in [-0.1, -0.05) is 18.2 Å². The predicted octanol–water partition coefficient (Wildman–Crippen LogP) is 2.63. The Morgan fingerprint density at radius 3 is 3.12 bits per heavy atom. The number of hydrogen-bond acceptors (Lipinski definition) is 2. The number of hydrogen-bond donors (Lipinski definition) is 2. The summed E-state index contributed by atoms with van der Waals surface area (Å²) >= 11 is 0. The van der Waals surface area contributed by atoms with Crippen LogP contribution in [0.25, 0.3) is 0 Å². The van der Waals surface area contributed by atoms with Crippen molar-refractivity contribution < 1.29 is 4.74 Å². The number of ether oxygens (including phenoxy) is 1. The van der Waals surface area contributed by atoms with Crippen molar-refractivity contribution >= 4 is 0 Å². The van der Waals surface area contributed by atoms with E-state index in [-0.39, 0.29) is 0 Å². The molecule has 3 heteroatoms. The number of aromatic amines is 1. The van der Waals surface area contributed by atoms with Gasteiger partial charge in [0.15, 0.2) is 0 Å². The fourth-order valence-corrected chi connectivity index (χ4v) is 2.26. The zero-order valence-electron chi connectivity index (χ0n) is 9.65. The number of para-hydroxylation sites is 1. The lowest BCUT2D eigenvalue weighted by molar-refractivity contribution is 0.252. The Morgan fingerprint density at radius 2 is 2.24 bits per heavy atom. The van der Waals surface area contributed by atoms with Gasteiger partial charge in [0.25, 0.3) is 0 Å². The Morgan fingerprint density at radius 1 is 1.29 bits per heavy atom. The SMILES string of the molecule is c1ccc2c(c1)OCCC2NCc1cc[nH]c1. The second-order valence-electron chi connectivity index (χ2n) is 4.33. The number of aromatic nitrogens is 1. The first-order valence-electron chi connectivity index (χ1n) is 6.00. The molecule has 1 atom stereocenters. The fraction of sp³-hybridized carbons (Fsp3) is 0.286. The smallest absolute Gasteiger partial charge is 0.124 e. The molecule has 88 valence electrons. The zero-order valence-corrected chi connectivity index (χ0v) is 9.65. The van der Waals surface area contributed by atoms with Gasteiger partial charge in [0.05, 0.1) is 6.61 Å². The van der Waals surface area contributed by atoms with Crippen molar-refractivity contribution in [2.24, 2.45) is 0 Å². The summed E-state index contributed by atoms with van der Waals surface area (Å²) in [6.07, 6.45) is 5.01. The molecule has 0 saturated heterocycles. The molecule has 0 bridgehead atoms. The molecule has 1 aliphatic heterocycles. The van der Waals surface area contributed by atoms with Crippen molar-refractivity contribution in [3.63, 3.8) is 0 Å². The summed E-state index contributed by atoms with van der Waals surface area (Å²) in [5.74, 6) is 1.02. The highest BCUT2D eigenvalue weighted by atomic mass is 16.5. The van der Waals surface area contributed by atoms with Crippen molar-refractivity contribution in [2.75, 3.05) is 6.61 Å². The van der Waals surface area contributed by atoms with Gasteiger partial charge >= 0.3 is 0 Å². The van der Waals surface area contributed by atoms with Crippen LogP contribution >= 0.6 is 0 Å². The van der Waals surface area contributed by atoms with Crippen LogP contribution in [0.15, 0.2) is 42.7 Å². The van der Waals surface area contributed by atoms with Gasteiger partial charge < -0.3 is 15.0 Å². The molecule has 2 heterocycles. The first kappa shape index (κ1) is 10.4. The van der Waals surface area contributed by atoms with E-state index < -0.39 is 0 Å². The van der Waals surface area contributed by atoms with Gasteiger partial charge in [0.2, 0.25) is 0 Å². The molecule has 0 amide bonds. The molecule has 0 fully saturated rings. The van der Waals surface area contributed by atoms with Crippen LogP contribution in [-0.4, -0.2) is 11.6 Å². The van der Waals surface area contributed by atoms with E-state index in [9.17, 15) is 0 Å². The minimum absolute atomic E-state index is 0.398. The Balaban J connectivity index is 1.72. The molecule has 2 N–H and O–H groups in total. The van der Waals surface area contributed by atoms with Gasteiger partial charge in [-0.2, -0.15) is 0 Å². The normalized spacial score (nSPS) is 18.5. The molecule has 1 aliphatic rings. The average molecular weight is 228 g/mol. The summed E-state index contributed by atoms with van der Waals surface area (Å²) in [4.78, 5) is 3.07. The fourth-order valence-electron chi connectivity index (χ4n) is 2.26. The van der Waals surface area contributed by atoms with Crippen LogP contribution in [0.5, 0.6) is 5.75 Å². The molecule has 17 heavy (non-hydrogen) atoms. The zero-order chi connectivity index (χ0) is 11.5. The van der Waals surface area contributed by atoms with Crippen LogP contribution in [0.4, 0.5) is 0 Å². The third-order valence-corrected chi connectivity index (χ3v) is 3.17.